The van der Waals surface area contributed by atoms with Gasteiger partial charge in [0.05, 0.1) is 0 Å². The van der Waals surface area contributed by atoms with Crippen molar-refractivity contribution in [2.24, 2.45) is 0 Å². The highest BCUT2D eigenvalue weighted by Gasteiger charge is 2.14. The molecule has 1 aromatic heterocycles. The number of nitrogens with zero attached hydrogens (tertiary/aromatic N) is 3. The van der Waals surface area contributed by atoms with Gasteiger partial charge < -0.3 is 10.2 Å². The van der Waals surface area contributed by atoms with Gasteiger partial charge in [-0.25, -0.2) is 4.68 Å². The second-order valence-electron chi connectivity index (χ2n) is 6.45. The third-order valence-corrected chi connectivity index (χ3v) is 4.48. The fraction of sp³-hybridized carbons (Fsp3) is 0.421. The van der Waals surface area contributed by atoms with Crippen LogP contribution in [0.4, 0.5) is 5.69 Å². The number of carbonyl (C=O) groups is 1. The second-order valence-corrected chi connectivity index (χ2v) is 6.45. The zero-order valence-corrected chi connectivity index (χ0v) is 14.8. The topological polar surface area (TPSA) is 67.2 Å². The van der Waals surface area contributed by atoms with E-state index in [0.717, 1.165) is 31.4 Å². The van der Waals surface area contributed by atoms with Crippen molar-refractivity contribution < 1.29 is 4.79 Å². The lowest BCUT2D eigenvalue weighted by molar-refractivity contribution is 0.0943. The Bertz CT molecular complexity index is 828. The molecule has 6 nitrogen and oxygen atoms in total. The first-order valence-electron chi connectivity index (χ1n) is 8.78. The lowest BCUT2D eigenvalue weighted by atomic mass is 9.99. The molecule has 132 valence electrons. The number of nitrogens with one attached hydrogen (secondary N) is 1. The summed E-state index contributed by atoms with van der Waals surface area (Å²) in [7, 11) is 2.11. The highest BCUT2D eigenvalue weighted by atomic mass is 16.2. The summed E-state index contributed by atoms with van der Waals surface area (Å²) in [6.07, 6.45) is 3.02. The van der Waals surface area contributed by atoms with Crippen molar-refractivity contribution in [3.63, 3.8) is 0 Å². The minimum absolute atomic E-state index is 0.183. The van der Waals surface area contributed by atoms with Gasteiger partial charge in [0.15, 0.2) is 0 Å². The van der Waals surface area contributed by atoms with Crippen LogP contribution in [0.2, 0.25) is 0 Å². The van der Waals surface area contributed by atoms with Crippen molar-refractivity contribution in [1.82, 2.24) is 15.1 Å². The molecule has 1 aliphatic rings. The molecule has 1 aliphatic heterocycles. The molecule has 1 aromatic carbocycles. The fourth-order valence-electron chi connectivity index (χ4n) is 3.16. The van der Waals surface area contributed by atoms with Crippen LogP contribution in [0.5, 0.6) is 0 Å². The van der Waals surface area contributed by atoms with Crippen LogP contribution in [0, 0.1) is 0 Å². The van der Waals surface area contributed by atoms with Gasteiger partial charge in [-0.15, -0.1) is 0 Å². The Kier molecular flexibility index (Phi) is 5.16. The highest BCUT2D eigenvalue weighted by Crippen LogP contribution is 2.26. The Morgan fingerprint density at radius 3 is 2.92 bits per heavy atom. The Balaban J connectivity index is 1.68. The smallest absolute Gasteiger partial charge is 0.271 e. The maximum Gasteiger partial charge on any atom is 0.271 e. The molecule has 1 N–H and O–H groups in total. The van der Waals surface area contributed by atoms with Crippen LogP contribution >= 0.6 is 0 Å². The summed E-state index contributed by atoms with van der Waals surface area (Å²) >= 11 is 0. The molecular formula is C19H24N4O2. The number of hydrogen-bond acceptors (Lipinski definition) is 4. The summed E-state index contributed by atoms with van der Waals surface area (Å²) < 4.78 is 1.34. The maximum absolute atomic E-state index is 12.3. The molecule has 0 spiro atoms. The Labute approximate surface area is 147 Å². The first-order valence-corrected chi connectivity index (χ1v) is 8.78. The number of anilines is 1. The molecular weight excluding hydrogens is 316 g/mol. The van der Waals surface area contributed by atoms with E-state index in [9.17, 15) is 9.59 Å². The number of benzene rings is 1. The maximum atomic E-state index is 12.3. The molecule has 3 rings (SSSR count). The Morgan fingerprint density at radius 1 is 1.28 bits per heavy atom. The van der Waals surface area contributed by atoms with E-state index in [1.54, 1.807) is 0 Å². The predicted molar refractivity (Wildman–Crippen MR) is 98.0 cm³/mol. The zero-order valence-electron chi connectivity index (χ0n) is 14.8. The largest absolute Gasteiger partial charge is 0.374 e. The molecule has 0 radical (unpaired) electrons. The Morgan fingerprint density at radius 2 is 2.12 bits per heavy atom. The number of rotatable bonds is 5. The van der Waals surface area contributed by atoms with Crippen LogP contribution in [0.3, 0.4) is 0 Å². The fourth-order valence-corrected chi connectivity index (χ4v) is 3.16. The molecule has 0 bridgehead atoms. The number of fused-ring (bicyclic) bond motifs is 1. The van der Waals surface area contributed by atoms with Gasteiger partial charge >= 0.3 is 0 Å². The summed E-state index contributed by atoms with van der Waals surface area (Å²) in [5.74, 6) is -0.264. The molecule has 0 saturated heterocycles. The average molecular weight is 340 g/mol. The number of hydrogen-bond donors (Lipinski definition) is 1. The lowest BCUT2D eigenvalue weighted by Gasteiger charge is -2.27. The number of amides is 1. The van der Waals surface area contributed by atoms with Gasteiger partial charge in [-0.05, 0) is 42.5 Å². The van der Waals surface area contributed by atoms with E-state index in [0.29, 0.717) is 13.1 Å². The van der Waals surface area contributed by atoms with Crippen LogP contribution in [0.15, 0.2) is 35.1 Å². The van der Waals surface area contributed by atoms with Gasteiger partial charge in [0, 0.05) is 38.4 Å². The normalized spacial score (nSPS) is 13.4. The molecule has 0 unspecified atom stereocenters. The van der Waals surface area contributed by atoms with Gasteiger partial charge in [-0.2, -0.15) is 5.10 Å². The predicted octanol–water partition coefficient (Wildman–Crippen LogP) is 1.97. The van der Waals surface area contributed by atoms with E-state index in [2.05, 4.69) is 34.5 Å². The SMILES string of the molecule is CCCn1nc(C(=O)NCc2ccc3c(c2)CCCN3C)ccc1=O. The van der Waals surface area contributed by atoms with Crippen LogP contribution in [-0.4, -0.2) is 29.3 Å². The summed E-state index contributed by atoms with van der Waals surface area (Å²) in [5.41, 5.74) is 3.76. The lowest BCUT2D eigenvalue weighted by Crippen LogP contribution is -2.29. The summed E-state index contributed by atoms with van der Waals surface area (Å²) in [6, 6.07) is 9.21. The van der Waals surface area contributed by atoms with E-state index in [-0.39, 0.29) is 17.2 Å². The minimum atomic E-state index is -0.264. The van der Waals surface area contributed by atoms with Crippen LogP contribution < -0.4 is 15.8 Å². The van der Waals surface area contributed by atoms with Gasteiger partial charge in [-0.3, -0.25) is 9.59 Å². The van der Waals surface area contributed by atoms with E-state index < -0.39 is 0 Å². The van der Waals surface area contributed by atoms with Gasteiger partial charge in [0.2, 0.25) is 0 Å². The molecule has 2 heterocycles. The summed E-state index contributed by atoms with van der Waals surface area (Å²) in [6.45, 7) is 4.01. The van der Waals surface area contributed by atoms with Crippen LogP contribution in [-0.2, 0) is 19.5 Å². The second kappa shape index (κ2) is 7.51. The molecule has 0 aliphatic carbocycles. The van der Waals surface area contributed by atoms with E-state index in [4.69, 9.17) is 0 Å². The molecule has 1 amide bonds. The molecule has 2 aromatic rings. The van der Waals surface area contributed by atoms with Gasteiger partial charge in [-0.1, -0.05) is 19.1 Å². The Hall–Kier alpha value is -2.63. The molecule has 25 heavy (non-hydrogen) atoms. The van der Waals surface area contributed by atoms with Crippen molar-refractivity contribution in [2.75, 3.05) is 18.5 Å². The summed E-state index contributed by atoms with van der Waals surface area (Å²) in [4.78, 5) is 26.3. The first kappa shape index (κ1) is 17.2. The average Bonchev–Trinajstić information content (AvgIpc) is 2.62. The molecule has 0 atom stereocenters. The number of aromatic nitrogens is 2. The van der Waals surface area contributed by atoms with Gasteiger partial charge in [0.25, 0.3) is 11.5 Å². The molecule has 6 heteroatoms. The molecule has 0 saturated carbocycles. The highest BCUT2D eigenvalue weighted by molar-refractivity contribution is 5.91. The standard InChI is InChI=1S/C19H24N4O2/c1-3-10-23-18(24)9-7-16(21-23)19(25)20-13-14-6-8-17-15(12-14)5-4-11-22(17)2/h6-9,12H,3-5,10-11,13H2,1-2H3,(H,20,25). The van der Waals surface area contributed by atoms with Crippen molar-refractivity contribution in [1.29, 1.82) is 0 Å². The van der Waals surface area contributed by atoms with Crippen molar-refractivity contribution in [3.05, 3.63) is 57.5 Å². The van der Waals surface area contributed by atoms with Crippen molar-refractivity contribution in [2.45, 2.75) is 39.3 Å². The van der Waals surface area contributed by atoms with Crippen LogP contribution in [0.25, 0.3) is 0 Å². The number of aryl methyl sites for hydroxylation is 2. The zero-order chi connectivity index (χ0) is 17.8. The van der Waals surface area contributed by atoms with E-state index >= 15 is 0 Å². The van der Waals surface area contributed by atoms with E-state index in [1.807, 2.05) is 13.0 Å². The van der Waals surface area contributed by atoms with Crippen molar-refractivity contribution >= 4 is 11.6 Å². The monoisotopic (exact) mass is 340 g/mol. The third-order valence-electron chi connectivity index (χ3n) is 4.48. The molecule has 0 fully saturated rings. The minimum Gasteiger partial charge on any atom is -0.374 e. The number of carbonyl (C=O) groups excluding carboxylic acids is 1. The van der Waals surface area contributed by atoms with Gasteiger partial charge in [0.1, 0.15) is 5.69 Å². The first-order chi connectivity index (χ1) is 12.1. The van der Waals surface area contributed by atoms with Crippen LogP contribution in [0.1, 0.15) is 41.4 Å². The third kappa shape index (κ3) is 3.90. The van der Waals surface area contributed by atoms with Crippen molar-refractivity contribution in [3.8, 4) is 0 Å². The summed E-state index contributed by atoms with van der Waals surface area (Å²) in [5, 5.41) is 7.03. The quantitative estimate of drug-likeness (QED) is 0.904. The van der Waals surface area contributed by atoms with E-state index in [1.165, 1.54) is 28.1 Å².